The van der Waals surface area contributed by atoms with Gasteiger partial charge in [-0.05, 0) is 0 Å². The van der Waals surface area contributed by atoms with Crippen LogP contribution in [0.3, 0.4) is 0 Å². The molecule has 0 atom stereocenters. The molecule has 4 N–H and O–H groups in total. The van der Waals surface area contributed by atoms with Crippen molar-refractivity contribution in [1.29, 1.82) is 0 Å². The number of rotatable bonds is 4. The second kappa shape index (κ2) is 27.5. The fraction of sp³-hybridized carbons (Fsp3) is 0.667. The van der Waals surface area contributed by atoms with Crippen LogP contribution in [0.1, 0.15) is 53.4 Å². The van der Waals surface area contributed by atoms with Crippen LogP contribution in [0.15, 0.2) is 0 Å². The molecule has 0 heterocycles. The first-order chi connectivity index (χ1) is 9.08. The first kappa shape index (κ1) is 32.2. The van der Waals surface area contributed by atoms with Gasteiger partial charge >= 0.3 is 61.6 Å². The van der Waals surface area contributed by atoms with Gasteiger partial charge in [-0.2, -0.15) is 0 Å². The van der Waals surface area contributed by atoms with Crippen molar-refractivity contribution >= 4 is 61.6 Å². The Balaban J connectivity index is -0.0000000533. The molecule has 0 aliphatic carbocycles. The third-order valence-corrected chi connectivity index (χ3v) is 1.21. The fourth-order valence-corrected chi connectivity index (χ4v) is 0. The molecule has 0 aliphatic rings. The molecule has 0 aliphatic heterocycles. The van der Waals surface area contributed by atoms with Gasteiger partial charge in [0.1, 0.15) is 0 Å². The molecule has 0 radical (unpaired) electrons. The van der Waals surface area contributed by atoms with Crippen LogP contribution in [-0.4, -0.2) is 82.0 Å². The number of hydrogen-bond acceptors (Lipinski definition) is 4. The normalized spacial score (nSPS) is 7.05. The molecular weight excluding hydrogens is 312 g/mol. The molecule has 0 aromatic rings. The predicted octanol–water partition coefficient (Wildman–Crippen LogP) is 1.01. The Labute approximate surface area is 154 Å². The summed E-state index contributed by atoms with van der Waals surface area (Å²) in [6.07, 6.45) is 0.889. The van der Waals surface area contributed by atoms with Crippen molar-refractivity contribution in [3.05, 3.63) is 0 Å². The zero-order valence-corrected chi connectivity index (χ0v) is 12.3. The molecule has 0 fully saturated rings. The topological polar surface area (TPSA) is 149 Å². The molecule has 0 aromatic carbocycles. The number of hydrogen-bond donors (Lipinski definition) is 4. The van der Waals surface area contributed by atoms with Gasteiger partial charge in [0, 0.05) is 25.7 Å². The maximum absolute atomic E-state index is 9.37. The summed E-state index contributed by atoms with van der Waals surface area (Å²) in [7, 11) is 0. The van der Waals surface area contributed by atoms with E-state index in [1.807, 2.05) is 0 Å². The van der Waals surface area contributed by atoms with Gasteiger partial charge in [-0.15, -0.1) is 0 Å². The second-order valence-corrected chi connectivity index (χ2v) is 2.99. The summed E-state index contributed by atoms with van der Waals surface area (Å²) >= 11 is 0. The molecule has 0 bridgehead atoms. The zero-order chi connectivity index (χ0) is 17.1. The summed E-state index contributed by atoms with van der Waals surface area (Å²) < 4.78 is 0. The number of carboxylic acid groups (broad SMARTS) is 4. The van der Waals surface area contributed by atoms with Gasteiger partial charge in [0.05, 0.1) is 0 Å². The van der Waals surface area contributed by atoms with Crippen molar-refractivity contribution < 1.29 is 39.6 Å². The second-order valence-electron chi connectivity index (χ2n) is 2.99. The molecule has 21 heavy (non-hydrogen) atoms. The van der Waals surface area contributed by atoms with Gasteiger partial charge in [-0.1, -0.05) is 27.7 Å². The predicted molar refractivity (Wildman–Crippen MR) is 80.3 cm³/mol. The van der Waals surface area contributed by atoms with Crippen LogP contribution in [0, 0.1) is 0 Å². The molecule has 0 unspecified atom stereocenters. The standard InChI is InChI=1S/4C3H6O2.Ca.2H/c4*1-2-3(4)5;;;/h4*2H2,1H3,(H,4,5);;;. The van der Waals surface area contributed by atoms with Crippen LogP contribution < -0.4 is 0 Å². The summed E-state index contributed by atoms with van der Waals surface area (Å²) in [5.41, 5.74) is 0. The van der Waals surface area contributed by atoms with Crippen molar-refractivity contribution in [3.63, 3.8) is 0 Å². The summed E-state index contributed by atoms with van der Waals surface area (Å²) in [6.45, 7) is 6.40. The van der Waals surface area contributed by atoms with E-state index in [1.165, 1.54) is 0 Å². The van der Waals surface area contributed by atoms with Crippen LogP contribution in [0.25, 0.3) is 0 Å². The Kier molecular flexibility index (Phi) is 42.1. The molecule has 0 rings (SSSR count). The summed E-state index contributed by atoms with van der Waals surface area (Å²) in [4.78, 5) is 37.5. The van der Waals surface area contributed by atoms with Crippen LogP contribution in [0.2, 0.25) is 0 Å². The molecule has 0 aromatic heterocycles. The van der Waals surface area contributed by atoms with Gasteiger partial charge in [-0.3, -0.25) is 19.2 Å². The van der Waals surface area contributed by atoms with E-state index in [-0.39, 0.29) is 63.4 Å². The summed E-state index contributed by atoms with van der Waals surface area (Å²) in [5.74, 6) is -2.98. The van der Waals surface area contributed by atoms with Crippen molar-refractivity contribution in [2.24, 2.45) is 0 Å². The van der Waals surface area contributed by atoms with Gasteiger partial charge in [0.25, 0.3) is 0 Å². The van der Waals surface area contributed by atoms with E-state index in [2.05, 4.69) is 0 Å². The average molecular weight is 338 g/mol. The SMILES string of the molecule is CCC(=O)O.CCC(=O)O.CCC(=O)O.CCC(=O)O.[CaH2]. The van der Waals surface area contributed by atoms with Crippen LogP contribution in [0.4, 0.5) is 0 Å². The molecule has 124 valence electrons. The van der Waals surface area contributed by atoms with E-state index < -0.39 is 23.9 Å². The monoisotopic (exact) mass is 338 g/mol. The molecule has 0 saturated heterocycles. The van der Waals surface area contributed by atoms with Crippen LogP contribution in [0.5, 0.6) is 0 Å². The molecule has 0 spiro atoms. The Hall–Kier alpha value is -0.860. The van der Waals surface area contributed by atoms with Gasteiger partial charge < -0.3 is 20.4 Å². The third-order valence-electron chi connectivity index (χ3n) is 1.21. The van der Waals surface area contributed by atoms with Crippen LogP contribution >= 0.6 is 0 Å². The van der Waals surface area contributed by atoms with E-state index in [0.717, 1.165) is 0 Å². The van der Waals surface area contributed by atoms with E-state index >= 15 is 0 Å². The van der Waals surface area contributed by atoms with Crippen molar-refractivity contribution in [1.82, 2.24) is 0 Å². The Morgan fingerprint density at radius 1 is 0.524 bits per heavy atom. The first-order valence-corrected chi connectivity index (χ1v) is 5.95. The van der Waals surface area contributed by atoms with Gasteiger partial charge in [0.2, 0.25) is 0 Å². The summed E-state index contributed by atoms with van der Waals surface area (Å²) in [6, 6.07) is 0. The fourth-order valence-electron chi connectivity index (χ4n) is 0. The van der Waals surface area contributed by atoms with Crippen molar-refractivity contribution in [2.75, 3.05) is 0 Å². The Morgan fingerprint density at radius 2 is 0.571 bits per heavy atom. The number of carbonyl (C=O) groups is 4. The first-order valence-electron chi connectivity index (χ1n) is 5.95. The minimum absolute atomic E-state index is 0. The third kappa shape index (κ3) is 110. The zero-order valence-electron chi connectivity index (χ0n) is 12.3. The molecule has 0 amide bonds. The van der Waals surface area contributed by atoms with Crippen LogP contribution in [-0.2, 0) is 19.2 Å². The van der Waals surface area contributed by atoms with Gasteiger partial charge in [0.15, 0.2) is 0 Å². The quantitative estimate of drug-likeness (QED) is 0.555. The van der Waals surface area contributed by atoms with E-state index in [9.17, 15) is 19.2 Å². The van der Waals surface area contributed by atoms with Crippen molar-refractivity contribution in [3.8, 4) is 0 Å². The van der Waals surface area contributed by atoms with Gasteiger partial charge in [-0.25, -0.2) is 0 Å². The van der Waals surface area contributed by atoms with Crippen molar-refractivity contribution in [2.45, 2.75) is 53.4 Å². The number of carboxylic acids is 4. The molecule has 8 nitrogen and oxygen atoms in total. The maximum atomic E-state index is 9.37. The Morgan fingerprint density at radius 3 is 0.571 bits per heavy atom. The average Bonchev–Trinajstić information content (AvgIpc) is 2.40. The van der Waals surface area contributed by atoms with E-state index in [4.69, 9.17) is 20.4 Å². The Bertz CT molecular complexity index is 222. The molecular formula is C12H26CaO8. The summed E-state index contributed by atoms with van der Waals surface area (Å²) in [5, 5.41) is 30.9. The number of aliphatic carboxylic acids is 4. The van der Waals surface area contributed by atoms with E-state index in [1.54, 1.807) is 27.7 Å². The molecule has 9 heteroatoms. The van der Waals surface area contributed by atoms with E-state index in [0.29, 0.717) is 0 Å². The molecule has 0 saturated carbocycles. The minimum atomic E-state index is -0.745.